The number of aliphatic hydroxyl groups is 1. The zero-order chi connectivity index (χ0) is 38.6. The fraction of sp³-hybridized carbons (Fsp3) is 0.316. The van der Waals surface area contributed by atoms with Crippen molar-refractivity contribution in [3.8, 4) is 28.1 Å². The van der Waals surface area contributed by atoms with Crippen molar-refractivity contribution in [1.82, 2.24) is 40.4 Å². The van der Waals surface area contributed by atoms with E-state index in [1.165, 1.54) is 12.1 Å². The molecule has 2 aliphatic rings. The molecule has 0 radical (unpaired) electrons. The maximum atomic E-state index is 13.3. The van der Waals surface area contributed by atoms with Crippen LogP contribution in [0.3, 0.4) is 0 Å². The van der Waals surface area contributed by atoms with E-state index in [9.17, 15) is 29.1 Å². The number of carbonyl (C=O) groups excluding carboxylic acids is 5. The lowest BCUT2D eigenvalue weighted by Gasteiger charge is -2.33. The molecule has 17 heteroatoms. The first-order valence-electron chi connectivity index (χ1n) is 17.8. The van der Waals surface area contributed by atoms with Gasteiger partial charge in [-0.25, -0.2) is 4.98 Å². The lowest BCUT2D eigenvalue weighted by Crippen LogP contribution is -2.57. The molecular formula is C38H39N9O8. The summed E-state index contributed by atoms with van der Waals surface area (Å²) in [7, 11) is 0. The van der Waals surface area contributed by atoms with Crippen LogP contribution in [-0.2, 0) is 14.4 Å². The Morgan fingerprint density at radius 3 is 2.45 bits per heavy atom. The molecule has 7 rings (SSSR count). The predicted molar refractivity (Wildman–Crippen MR) is 197 cm³/mol. The summed E-state index contributed by atoms with van der Waals surface area (Å²) in [5.41, 5.74) is 4.98. The van der Waals surface area contributed by atoms with Crippen LogP contribution >= 0.6 is 0 Å². The van der Waals surface area contributed by atoms with Gasteiger partial charge < -0.3 is 35.6 Å². The quantitative estimate of drug-likeness (QED) is 0.0816. The molecule has 2 unspecified atom stereocenters. The van der Waals surface area contributed by atoms with E-state index in [0.717, 1.165) is 33.0 Å². The van der Waals surface area contributed by atoms with Crippen molar-refractivity contribution in [2.45, 2.75) is 51.8 Å². The molecule has 0 saturated carbocycles. The second-order valence-corrected chi connectivity index (χ2v) is 13.2. The number of fused-ring (bicyclic) bond motifs is 2. The van der Waals surface area contributed by atoms with Crippen molar-refractivity contribution in [3.63, 3.8) is 0 Å². The number of piperidine rings is 1. The Kier molecular flexibility index (Phi) is 10.5. The number of aryl methyl sites for hydroxylation is 2. The third-order valence-corrected chi connectivity index (χ3v) is 9.51. The molecule has 5 aromatic rings. The number of carbonyl (C=O) groups is 5. The van der Waals surface area contributed by atoms with Gasteiger partial charge in [0.2, 0.25) is 11.8 Å². The van der Waals surface area contributed by atoms with Gasteiger partial charge in [-0.05, 0) is 50.8 Å². The van der Waals surface area contributed by atoms with Crippen LogP contribution in [-0.4, -0.2) is 97.6 Å². The van der Waals surface area contributed by atoms with E-state index >= 15 is 0 Å². The first kappa shape index (κ1) is 36.7. The molecule has 5 amide bonds. The monoisotopic (exact) mass is 749 g/mol. The minimum atomic E-state index is -1.38. The van der Waals surface area contributed by atoms with Gasteiger partial charge in [0.1, 0.15) is 29.2 Å². The molecule has 1 saturated heterocycles. The normalized spacial score (nSPS) is 16.6. The second-order valence-electron chi connectivity index (χ2n) is 13.2. The van der Waals surface area contributed by atoms with Gasteiger partial charge >= 0.3 is 0 Å². The highest BCUT2D eigenvalue weighted by molar-refractivity contribution is 6.23. The average molecular weight is 750 g/mol. The number of hydrogen-bond donors (Lipinski definition) is 5. The molecule has 17 nitrogen and oxygen atoms in total. The molecule has 284 valence electrons. The Morgan fingerprint density at radius 2 is 1.73 bits per heavy atom. The number of imidazole rings is 1. The van der Waals surface area contributed by atoms with Crippen molar-refractivity contribution < 1.29 is 38.3 Å². The molecule has 2 aromatic carbocycles. The van der Waals surface area contributed by atoms with Gasteiger partial charge in [-0.15, -0.1) is 0 Å². The van der Waals surface area contributed by atoms with E-state index in [1.54, 1.807) is 24.7 Å². The van der Waals surface area contributed by atoms with E-state index in [1.807, 2.05) is 42.5 Å². The van der Waals surface area contributed by atoms with Gasteiger partial charge in [0.15, 0.2) is 12.3 Å². The van der Waals surface area contributed by atoms with Crippen LogP contribution in [0.2, 0.25) is 0 Å². The Balaban J connectivity index is 0.854. The van der Waals surface area contributed by atoms with Crippen molar-refractivity contribution >= 4 is 41.0 Å². The summed E-state index contributed by atoms with van der Waals surface area (Å²) in [4.78, 5) is 73.1. The Morgan fingerprint density at radius 1 is 0.982 bits per heavy atom. The largest absolute Gasteiger partial charge is 0.483 e. The lowest BCUT2D eigenvalue weighted by molar-refractivity contribution is -0.129. The SMILES string of the molecule is Cc1noc(C)c1-c1ccc(-c2nc3cnccn3c2NCC(=O)NCCCCNC(=O)COc2cccc3c2C(=O)N(C2CCC(=O)NC2O)C3=O)cc1. The lowest BCUT2D eigenvalue weighted by atomic mass is 10.0. The van der Waals surface area contributed by atoms with E-state index in [-0.39, 0.29) is 48.1 Å². The fourth-order valence-corrected chi connectivity index (χ4v) is 6.83. The van der Waals surface area contributed by atoms with Gasteiger partial charge in [0, 0.05) is 43.0 Å². The zero-order valence-corrected chi connectivity index (χ0v) is 30.1. The molecule has 0 bridgehead atoms. The first-order valence-corrected chi connectivity index (χ1v) is 17.8. The number of imide groups is 1. The van der Waals surface area contributed by atoms with Crippen LogP contribution in [0.25, 0.3) is 28.0 Å². The third-order valence-electron chi connectivity index (χ3n) is 9.51. The van der Waals surface area contributed by atoms with Crippen LogP contribution < -0.4 is 26.0 Å². The number of unbranched alkanes of at least 4 members (excludes halogenated alkanes) is 1. The molecule has 5 heterocycles. The maximum Gasteiger partial charge on any atom is 0.265 e. The molecule has 2 aliphatic heterocycles. The Bertz CT molecular complexity index is 2260. The van der Waals surface area contributed by atoms with Crippen molar-refractivity contribution in [1.29, 1.82) is 0 Å². The fourth-order valence-electron chi connectivity index (χ4n) is 6.83. The smallest absolute Gasteiger partial charge is 0.265 e. The number of hydrogen-bond acceptors (Lipinski definition) is 12. The number of nitrogens with one attached hydrogen (secondary N) is 4. The summed E-state index contributed by atoms with van der Waals surface area (Å²) in [5, 5.41) is 25.6. The van der Waals surface area contributed by atoms with Gasteiger partial charge in [0.05, 0.1) is 35.6 Å². The van der Waals surface area contributed by atoms with Crippen LogP contribution in [0.4, 0.5) is 5.82 Å². The molecule has 5 N–H and O–H groups in total. The molecule has 3 aromatic heterocycles. The highest BCUT2D eigenvalue weighted by Crippen LogP contribution is 2.35. The molecule has 0 aliphatic carbocycles. The van der Waals surface area contributed by atoms with Gasteiger partial charge in [0.25, 0.3) is 17.7 Å². The predicted octanol–water partition coefficient (Wildman–Crippen LogP) is 2.36. The molecule has 1 fully saturated rings. The van der Waals surface area contributed by atoms with E-state index in [2.05, 4.69) is 31.4 Å². The third kappa shape index (κ3) is 7.59. The number of aliphatic hydroxyl groups excluding tert-OH is 1. The van der Waals surface area contributed by atoms with Crippen molar-refractivity contribution in [2.24, 2.45) is 0 Å². The van der Waals surface area contributed by atoms with Gasteiger partial charge in [-0.2, -0.15) is 0 Å². The minimum Gasteiger partial charge on any atom is -0.483 e. The molecule has 55 heavy (non-hydrogen) atoms. The maximum absolute atomic E-state index is 13.3. The number of benzene rings is 2. The zero-order valence-electron chi connectivity index (χ0n) is 30.1. The summed E-state index contributed by atoms with van der Waals surface area (Å²) >= 11 is 0. The van der Waals surface area contributed by atoms with E-state index < -0.39 is 36.6 Å². The summed E-state index contributed by atoms with van der Waals surface area (Å²) in [6, 6.07) is 11.5. The summed E-state index contributed by atoms with van der Waals surface area (Å²) in [6.45, 7) is 4.10. The number of ether oxygens (including phenoxy) is 1. The molecule has 2 atom stereocenters. The first-order chi connectivity index (χ1) is 26.6. The Hall–Kier alpha value is -6.62. The average Bonchev–Trinajstić information content (AvgIpc) is 3.81. The van der Waals surface area contributed by atoms with Crippen molar-refractivity contribution in [3.05, 3.63) is 83.6 Å². The summed E-state index contributed by atoms with van der Waals surface area (Å²) in [6.07, 6.45) is 5.06. The van der Waals surface area contributed by atoms with Crippen LogP contribution in [0.15, 0.2) is 65.6 Å². The number of aromatic nitrogens is 4. The van der Waals surface area contributed by atoms with Gasteiger partial charge in [-0.1, -0.05) is 35.5 Å². The van der Waals surface area contributed by atoms with Gasteiger partial charge in [-0.3, -0.25) is 38.3 Å². The summed E-state index contributed by atoms with van der Waals surface area (Å²) < 4.78 is 12.8. The number of anilines is 1. The minimum absolute atomic E-state index is 0.00119. The number of amides is 5. The van der Waals surface area contributed by atoms with Crippen molar-refractivity contribution in [2.75, 3.05) is 31.6 Å². The number of rotatable bonds is 14. The molecule has 0 spiro atoms. The van der Waals surface area contributed by atoms with E-state index in [0.29, 0.717) is 43.1 Å². The second kappa shape index (κ2) is 15.8. The topological polar surface area (TPSA) is 222 Å². The molecular weight excluding hydrogens is 710 g/mol. The standard InChI is InChI=1S/C38H39N9O8/c1-21-32(22(2)55-45-21)23-8-10-24(11-9-23)34-35(46-17-16-39-18-28(46)43-34)42-19-30(49)40-14-3-4-15-41-31(50)20-54-27-7-5-6-25-33(27)38(53)47(37(25)52)26-12-13-29(48)44-36(26)51/h5-11,16-18,26,36,42,51H,3-4,12-15,19-20H2,1-2H3,(H,40,49)(H,41,50)(H,44,48). The van der Waals surface area contributed by atoms with E-state index in [4.69, 9.17) is 14.2 Å². The highest BCUT2D eigenvalue weighted by atomic mass is 16.5. The highest BCUT2D eigenvalue weighted by Gasteiger charge is 2.45. The Labute approximate surface area is 314 Å². The van der Waals surface area contributed by atoms with Crippen LogP contribution in [0.1, 0.15) is 57.9 Å². The van der Waals surface area contributed by atoms with Crippen LogP contribution in [0, 0.1) is 13.8 Å². The summed E-state index contributed by atoms with van der Waals surface area (Å²) in [5.74, 6) is -0.823. The van der Waals surface area contributed by atoms with Crippen LogP contribution in [0.5, 0.6) is 5.75 Å². The number of nitrogens with zero attached hydrogens (tertiary/aromatic N) is 5.